The molecule has 6 heteroatoms. The zero-order valence-electron chi connectivity index (χ0n) is 10.6. The van der Waals surface area contributed by atoms with Gasteiger partial charge in [-0.1, -0.05) is 19.1 Å². The lowest BCUT2D eigenvalue weighted by Crippen LogP contribution is -2.32. The van der Waals surface area contributed by atoms with Crippen molar-refractivity contribution in [3.63, 3.8) is 0 Å². The Morgan fingerprint density at radius 1 is 1.37 bits per heavy atom. The third kappa shape index (κ3) is 6.15. The molecule has 2 N–H and O–H groups in total. The lowest BCUT2D eigenvalue weighted by atomic mass is 10.1. The second kappa shape index (κ2) is 7.68. The third-order valence-corrected chi connectivity index (χ3v) is 2.52. The van der Waals surface area contributed by atoms with Crippen LogP contribution in [0.15, 0.2) is 24.3 Å². The van der Waals surface area contributed by atoms with Gasteiger partial charge in [0, 0.05) is 6.54 Å². The van der Waals surface area contributed by atoms with E-state index >= 15 is 0 Å². The highest BCUT2D eigenvalue weighted by atomic mass is 19.3. The predicted molar refractivity (Wildman–Crippen MR) is 66.1 cm³/mol. The van der Waals surface area contributed by atoms with Crippen LogP contribution in [0.2, 0.25) is 0 Å². The number of nitrogens with one attached hydrogen (secondary N) is 1. The normalized spacial score (nSPS) is 12.3. The van der Waals surface area contributed by atoms with Gasteiger partial charge in [0.1, 0.15) is 5.75 Å². The maximum Gasteiger partial charge on any atom is 0.387 e. The van der Waals surface area contributed by atoms with Crippen LogP contribution < -0.4 is 10.1 Å². The molecule has 1 atom stereocenters. The molecule has 0 saturated carbocycles. The van der Waals surface area contributed by atoms with Crippen molar-refractivity contribution in [3.8, 4) is 5.75 Å². The number of ether oxygens (including phenoxy) is 1. The van der Waals surface area contributed by atoms with E-state index in [4.69, 9.17) is 0 Å². The lowest BCUT2D eigenvalue weighted by molar-refractivity contribution is -0.120. The Balaban J connectivity index is 2.42. The van der Waals surface area contributed by atoms with E-state index in [1.165, 1.54) is 12.1 Å². The molecule has 0 heterocycles. The summed E-state index contributed by atoms with van der Waals surface area (Å²) in [6.07, 6.45) is 0.150. The molecule has 0 bridgehead atoms. The van der Waals surface area contributed by atoms with Crippen LogP contribution in [0.1, 0.15) is 18.9 Å². The number of benzene rings is 1. The van der Waals surface area contributed by atoms with Crippen molar-refractivity contribution in [2.75, 3.05) is 6.54 Å². The predicted octanol–water partition coefficient (Wildman–Crippen LogP) is 1.72. The SMILES string of the molecule is CCC(O)CNC(=O)Cc1ccc(OC(F)F)cc1. The fourth-order valence-electron chi connectivity index (χ4n) is 1.41. The Bertz CT molecular complexity index is 395. The van der Waals surface area contributed by atoms with Gasteiger partial charge in [0.15, 0.2) is 0 Å². The second-order valence-corrected chi connectivity index (χ2v) is 4.07. The number of halogens is 2. The maximum atomic E-state index is 11.9. The Morgan fingerprint density at radius 2 is 2.00 bits per heavy atom. The molecule has 0 aromatic heterocycles. The lowest BCUT2D eigenvalue weighted by Gasteiger charge is -2.10. The van der Waals surface area contributed by atoms with E-state index in [2.05, 4.69) is 10.1 Å². The Kier molecular flexibility index (Phi) is 6.21. The summed E-state index contributed by atoms with van der Waals surface area (Å²) in [5.74, 6) is -0.171. The van der Waals surface area contributed by atoms with Crippen molar-refractivity contribution >= 4 is 5.91 Å². The third-order valence-electron chi connectivity index (χ3n) is 2.52. The van der Waals surface area contributed by atoms with E-state index in [-0.39, 0.29) is 24.6 Å². The first-order chi connectivity index (χ1) is 9.01. The second-order valence-electron chi connectivity index (χ2n) is 4.07. The first kappa shape index (κ1) is 15.4. The molecule has 0 aliphatic heterocycles. The van der Waals surface area contributed by atoms with Crippen molar-refractivity contribution in [2.45, 2.75) is 32.5 Å². The Hall–Kier alpha value is -1.69. The molecule has 106 valence electrons. The monoisotopic (exact) mass is 273 g/mol. The first-order valence-electron chi connectivity index (χ1n) is 5.99. The smallest absolute Gasteiger partial charge is 0.387 e. The van der Waals surface area contributed by atoms with Gasteiger partial charge in [0.25, 0.3) is 0 Å². The van der Waals surface area contributed by atoms with Gasteiger partial charge >= 0.3 is 6.61 Å². The van der Waals surface area contributed by atoms with Crippen LogP contribution in [0.25, 0.3) is 0 Å². The summed E-state index contributed by atoms with van der Waals surface area (Å²) in [5.41, 5.74) is 0.685. The minimum atomic E-state index is -2.86. The molecule has 0 fully saturated rings. The molecule has 0 saturated heterocycles. The van der Waals surface area contributed by atoms with Crippen LogP contribution >= 0.6 is 0 Å². The quantitative estimate of drug-likeness (QED) is 0.795. The van der Waals surface area contributed by atoms with Crippen molar-refractivity contribution < 1.29 is 23.4 Å². The highest BCUT2D eigenvalue weighted by Crippen LogP contribution is 2.15. The highest BCUT2D eigenvalue weighted by molar-refractivity contribution is 5.78. The fraction of sp³-hybridized carbons (Fsp3) is 0.462. The first-order valence-corrected chi connectivity index (χ1v) is 5.99. The number of carbonyl (C=O) groups excluding carboxylic acids is 1. The molecule has 1 aromatic rings. The number of aliphatic hydroxyl groups excluding tert-OH is 1. The fourth-order valence-corrected chi connectivity index (χ4v) is 1.41. The zero-order chi connectivity index (χ0) is 14.3. The minimum Gasteiger partial charge on any atom is -0.435 e. The van der Waals surface area contributed by atoms with Crippen LogP contribution in [-0.4, -0.2) is 30.3 Å². The molecule has 0 spiro atoms. The van der Waals surface area contributed by atoms with Gasteiger partial charge in [0.05, 0.1) is 12.5 Å². The van der Waals surface area contributed by atoms with Crippen LogP contribution in [-0.2, 0) is 11.2 Å². The van der Waals surface area contributed by atoms with E-state index in [1.807, 2.05) is 6.92 Å². The Labute approximate surface area is 110 Å². The summed E-state index contributed by atoms with van der Waals surface area (Å²) in [6, 6.07) is 5.87. The minimum absolute atomic E-state index is 0.0561. The number of carbonyl (C=O) groups is 1. The van der Waals surface area contributed by atoms with Crippen LogP contribution in [0.4, 0.5) is 8.78 Å². The zero-order valence-corrected chi connectivity index (χ0v) is 10.6. The molecular formula is C13H17F2NO3. The van der Waals surface area contributed by atoms with Crippen molar-refractivity contribution in [1.29, 1.82) is 0 Å². The number of hydrogen-bond donors (Lipinski definition) is 2. The van der Waals surface area contributed by atoms with E-state index in [9.17, 15) is 18.7 Å². The van der Waals surface area contributed by atoms with Crippen LogP contribution in [0.3, 0.4) is 0 Å². The summed E-state index contributed by atoms with van der Waals surface area (Å²) in [7, 11) is 0. The van der Waals surface area contributed by atoms with Gasteiger partial charge in [-0.05, 0) is 24.1 Å². The number of amides is 1. The molecule has 1 amide bonds. The molecule has 0 aliphatic carbocycles. The summed E-state index contributed by atoms with van der Waals surface area (Å²) in [4.78, 5) is 11.5. The van der Waals surface area contributed by atoms with Gasteiger partial charge in [-0.2, -0.15) is 8.78 Å². The summed E-state index contributed by atoms with van der Waals surface area (Å²) >= 11 is 0. The number of aliphatic hydroxyl groups is 1. The van der Waals surface area contributed by atoms with Crippen molar-refractivity contribution in [2.24, 2.45) is 0 Å². The van der Waals surface area contributed by atoms with Crippen molar-refractivity contribution in [3.05, 3.63) is 29.8 Å². The van der Waals surface area contributed by atoms with E-state index < -0.39 is 12.7 Å². The molecular weight excluding hydrogens is 256 g/mol. The Morgan fingerprint density at radius 3 is 2.53 bits per heavy atom. The summed E-state index contributed by atoms with van der Waals surface area (Å²) in [6.45, 7) is -0.829. The average Bonchev–Trinajstić information content (AvgIpc) is 2.37. The van der Waals surface area contributed by atoms with E-state index in [1.54, 1.807) is 12.1 Å². The molecule has 4 nitrogen and oxygen atoms in total. The summed E-state index contributed by atoms with van der Waals surface area (Å²) in [5, 5.41) is 11.9. The van der Waals surface area contributed by atoms with Gasteiger partial charge in [-0.15, -0.1) is 0 Å². The highest BCUT2D eigenvalue weighted by Gasteiger charge is 2.07. The maximum absolute atomic E-state index is 11.9. The number of rotatable bonds is 7. The van der Waals surface area contributed by atoms with Gasteiger partial charge in [-0.25, -0.2) is 0 Å². The number of hydrogen-bond acceptors (Lipinski definition) is 3. The van der Waals surface area contributed by atoms with E-state index in [0.717, 1.165) is 0 Å². The van der Waals surface area contributed by atoms with Crippen LogP contribution in [0, 0.1) is 0 Å². The summed E-state index contributed by atoms with van der Waals surface area (Å²) < 4.78 is 28.1. The van der Waals surface area contributed by atoms with Crippen molar-refractivity contribution in [1.82, 2.24) is 5.32 Å². The average molecular weight is 273 g/mol. The topological polar surface area (TPSA) is 58.6 Å². The molecule has 0 aliphatic rings. The molecule has 1 rings (SSSR count). The number of alkyl halides is 2. The molecule has 0 radical (unpaired) electrons. The largest absolute Gasteiger partial charge is 0.435 e. The van der Waals surface area contributed by atoms with Crippen LogP contribution in [0.5, 0.6) is 5.75 Å². The molecule has 19 heavy (non-hydrogen) atoms. The van der Waals surface area contributed by atoms with E-state index in [0.29, 0.717) is 12.0 Å². The van der Waals surface area contributed by atoms with Gasteiger partial charge in [0.2, 0.25) is 5.91 Å². The van der Waals surface area contributed by atoms with Gasteiger partial charge in [-0.3, -0.25) is 4.79 Å². The standard InChI is InChI=1S/C13H17F2NO3/c1-2-10(17)8-16-12(18)7-9-3-5-11(6-4-9)19-13(14)15/h3-6,10,13,17H,2,7-8H2,1H3,(H,16,18). The molecule has 1 unspecified atom stereocenters. The molecule has 1 aromatic carbocycles. The van der Waals surface area contributed by atoms with Gasteiger partial charge < -0.3 is 15.2 Å².